The number of rotatable bonds is 3. The maximum atomic E-state index is 14.0. The zero-order valence-corrected chi connectivity index (χ0v) is 19.7. The smallest absolute Gasteiger partial charge is 0.235 e. The van der Waals surface area contributed by atoms with Crippen molar-refractivity contribution in [3.8, 4) is 0 Å². The molecule has 3 rings (SSSR count). The fourth-order valence-electron chi connectivity index (χ4n) is 6.08. The third-order valence-electron chi connectivity index (χ3n) is 7.83. The van der Waals surface area contributed by atoms with Crippen LogP contribution in [-0.4, -0.2) is 53.4 Å². The molecular weight excluding hydrogens is 394 g/mol. The number of ketones is 1. The summed E-state index contributed by atoms with van der Waals surface area (Å²) in [4.78, 5) is 27.7. The first-order chi connectivity index (χ1) is 14.5. The zero-order valence-electron chi connectivity index (χ0n) is 19.7. The highest BCUT2D eigenvalue weighted by molar-refractivity contribution is 6.09. The largest absolute Gasteiger partial charge is 0.390 e. The Balaban J connectivity index is 2.19. The minimum atomic E-state index is -1.22. The number of carbonyl (C=O) groups excluding carboxylic acids is 2. The van der Waals surface area contributed by atoms with Crippen molar-refractivity contribution < 1.29 is 24.5 Å². The fraction of sp³-hybridized carbons (Fsp3) is 0.760. The second-order valence-corrected chi connectivity index (χ2v) is 10.3. The molecule has 0 unspecified atom stereocenters. The van der Waals surface area contributed by atoms with Crippen molar-refractivity contribution in [1.29, 1.82) is 0 Å². The SMILES string of the molecule is CO[C@@H]1CC(=O)[C@@]23C(=O)N[C@@H](CC(C)C)[C@@H]2[C@H](C)C(C)=C[C@@H]3/C=C(/C)CC[C@H](O)[C@@H]1O. The Labute approximate surface area is 186 Å². The van der Waals surface area contributed by atoms with Crippen LogP contribution in [0.15, 0.2) is 23.3 Å². The van der Waals surface area contributed by atoms with Crippen LogP contribution in [0, 0.1) is 29.1 Å². The molecule has 8 atom stereocenters. The van der Waals surface area contributed by atoms with E-state index in [4.69, 9.17) is 4.74 Å². The van der Waals surface area contributed by atoms with E-state index in [9.17, 15) is 19.8 Å². The van der Waals surface area contributed by atoms with E-state index in [0.29, 0.717) is 18.8 Å². The Morgan fingerprint density at radius 3 is 2.52 bits per heavy atom. The Morgan fingerprint density at radius 1 is 1.23 bits per heavy atom. The van der Waals surface area contributed by atoms with Gasteiger partial charge in [0.2, 0.25) is 5.91 Å². The lowest BCUT2D eigenvalue weighted by Gasteiger charge is -2.45. The summed E-state index contributed by atoms with van der Waals surface area (Å²) in [5.41, 5.74) is 0.994. The van der Waals surface area contributed by atoms with Crippen molar-refractivity contribution in [1.82, 2.24) is 5.32 Å². The van der Waals surface area contributed by atoms with E-state index in [2.05, 4.69) is 39.1 Å². The van der Waals surface area contributed by atoms with E-state index in [0.717, 1.165) is 12.0 Å². The van der Waals surface area contributed by atoms with Gasteiger partial charge in [-0.3, -0.25) is 9.59 Å². The van der Waals surface area contributed by atoms with E-state index < -0.39 is 23.7 Å². The number of Topliss-reactive ketones (excluding diaryl/α,β-unsaturated/α-hetero) is 1. The molecule has 6 heteroatoms. The standard InChI is InChI=1S/C25H39NO5/c1-13(2)9-18-22-16(5)15(4)11-17-10-14(3)7-8-19(27)23(29)20(31-6)12-21(28)25(17,22)24(30)26-18/h10-11,13,16-20,22-23,27,29H,7-9,12H2,1-6H3,(H,26,30)/b14-10-/t16-,17+,18+,19+,20-,22+,23+,25-/m1/s1. The molecule has 2 aliphatic carbocycles. The molecule has 3 N–H and O–H groups in total. The van der Waals surface area contributed by atoms with Gasteiger partial charge in [0, 0.05) is 31.4 Å². The molecule has 0 aromatic heterocycles. The van der Waals surface area contributed by atoms with Crippen LogP contribution >= 0.6 is 0 Å². The Hall–Kier alpha value is -1.50. The van der Waals surface area contributed by atoms with E-state index in [1.165, 1.54) is 12.7 Å². The Kier molecular flexibility index (Phi) is 7.14. The number of hydrogen-bond acceptors (Lipinski definition) is 5. The second kappa shape index (κ2) is 9.16. The van der Waals surface area contributed by atoms with Crippen molar-refractivity contribution in [2.75, 3.05) is 7.11 Å². The summed E-state index contributed by atoms with van der Waals surface area (Å²) in [7, 11) is 1.44. The molecule has 6 nitrogen and oxygen atoms in total. The van der Waals surface area contributed by atoms with E-state index in [1.54, 1.807) is 0 Å². The van der Waals surface area contributed by atoms with Crippen molar-refractivity contribution in [3.63, 3.8) is 0 Å². The molecule has 31 heavy (non-hydrogen) atoms. The van der Waals surface area contributed by atoms with Crippen LogP contribution in [0.1, 0.15) is 60.3 Å². The van der Waals surface area contributed by atoms with Crippen LogP contribution in [0.4, 0.5) is 0 Å². The van der Waals surface area contributed by atoms with Crippen molar-refractivity contribution in [3.05, 3.63) is 23.3 Å². The van der Waals surface area contributed by atoms with Gasteiger partial charge in [0.1, 0.15) is 11.5 Å². The van der Waals surface area contributed by atoms with Crippen LogP contribution in [0.2, 0.25) is 0 Å². The number of methoxy groups -OCH3 is 1. The number of hydrogen-bond donors (Lipinski definition) is 3. The second-order valence-electron chi connectivity index (χ2n) is 10.3. The molecular formula is C25H39NO5. The minimum Gasteiger partial charge on any atom is -0.390 e. The Bertz CT molecular complexity index is 772. The van der Waals surface area contributed by atoms with Gasteiger partial charge in [0.15, 0.2) is 5.78 Å². The summed E-state index contributed by atoms with van der Waals surface area (Å²) < 4.78 is 5.45. The third-order valence-corrected chi connectivity index (χ3v) is 7.83. The average molecular weight is 434 g/mol. The van der Waals surface area contributed by atoms with Crippen LogP contribution in [0.3, 0.4) is 0 Å². The van der Waals surface area contributed by atoms with Gasteiger partial charge >= 0.3 is 0 Å². The monoisotopic (exact) mass is 433 g/mol. The number of aliphatic hydroxyl groups is 2. The summed E-state index contributed by atoms with van der Waals surface area (Å²) in [5.74, 6) is -0.445. The van der Waals surface area contributed by atoms with Gasteiger partial charge in [-0.1, -0.05) is 44.1 Å². The van der Waals surface area contributed by atoms with Gasteiger partial charge in [-0.15, -0.1) is 0 Å². The van der Waals surface area contributed by atoms with Crippen molar-refractivity contribution in [2.24, 2.45) is 29.1 Å². The van der Waals surface area contributed by atoms with Crippen LogP contribution < -0.4 is 5.32 Å². The molecule has 3 aliphatic rings. The molecule has 0 bridgehead atoms. The highest BCUT2D eigenvalue weighted by Crippen LogP contribution is 2.55. The molecule has 1 heterocycles. The first kappa shape index (κ1) is 24.1. The van der Waals surface area contributed by atoms with Crippen LogP contribution in [-0.2, 0) is 14.3 Å². The van der Waals surface area contributed by atoms with Crippen LogP contribution in [0.25, 0.3) is 0 Å². The lowest BCUT2D eigenvalue weighted by Crippen LogP contribution is -2.54. The van der Waals surface area contributed by atoms with Crippen LogP contribution in [0.5, 0.6) is 0 Å². The molecule has 174 valence electrons. The number of carbonyl (C=O) groups is 2. The molecule has 1 fully saturated rings. The zero-order chi connectivity index (χ0) is 23.1. The number of amides is 1. The summed E-state index contributed by atoms with van der Waals surface area (Å²) in [6.07, 6.45) is 2.79. The molecule has 0 aromatic carbocycles. The summed E-state index contributed by atoms with van der Waals surface area (Å²) >= 11 is 0. The molecule has 1 saturated heterocycles. The number of nitrogens with one attached hydrogen (secondary N) is 1. The fourth-order valence-corrected chi connectivity index (χ4v) is 6.08. The normalized spacial score (nSPS) is 43.3. The predicted octanol–water partition coefficient (Wildman–Crippen LogP) is 2.78. The van der Waals surface area contributed by atoms with E-state index in [1.807, 2.05) is 13.0 Å². The molecule has 1 amide bonds. The topological polar surface area (TPSA) is 95.9 Å². The summed E-state index contributed by atoms with van der Waals surface area (Å²) in [6, 6.07) is -0.0760. The molecule has 1 aliphatic heterocycles. The lowest BCUT2D eigenvalue weighted by atomic mass is 9.54. The maximum Gasteiger partial charge on any atom is 0.235 e. The van der Waals surface area contributed by atoms with E-state index >= 15 is 0 Å². The highest BCUT2D eigenvalue weighted by Gasteiger charge is 2.65. The summed E-state index contributed by atoms with van der Waals surface area (Å²) in [5, 5.41) is 24.3. The van der Waals surface area contributed by atoms with Gasteiger partial charge < -0.3 is 20.3 Å². The van der Waals surface area contributed by atoms with Gasteiger partial charge in [-0.2, -0.15) is 0 Å². The lowest BCUT2D eigenvalue weighted by molar-refractivity contribution is -0.149. The van der Waals surface area contributed by atoms with Gasteiger partial charge in [-0.25, -0.2) is 0 Å². The first-order valence-electron chi connectivity index (χ1n) is 11.6. The highest BCUT2D eigenvalue weighted by atomic mass is 16.5. The molecule has 1 spiro atoms. The number of aliphatic hydroxyl groups excluding tert-OH is 2. The Morgan fingerprint density at radius 2 is 1.90 bits per heavy atom. The first-order valence-corrected chi connectivity index (χ1v) is 11.6. The predicted molar refractivity (Wildman–Crippen MR) is 119 cm³/mol. The molecule has 0 radical (unpaired) electrons. The van der Waals surface area contributed by atoms with Gasteiger partial charge in [-0.05, 0) is 44.9 Å². The van der Waals surface area contributed by atoms with Gasteiger partial charge in [0.05, 0.1) is 12.2 Å². The summed E-state index contributed by atoms with van der Waals surface area (Å²) in [6.45, 7) is 10.4. The van der Waals surface area contributed by atoms with Gasteiger partial charge in [0.25, 0.3) is 0 Å². The maximum absolute atomic E-state index is 14.0. The quantitative estimate of drug-likeness (QED) is 0.470. The molecule has 0 saturated carbocycles. The minimum absolute atomic E-state index is 0.0760. The van der Waals surface area contributed by atoms with Crippen molar-refractivity contribution in [2.45, 2.75) is 84.7 Å². The average Bonchev–Trinajstić information content (AvgIpc) is 2.98. The molecule has 0 aromatic rings. The van der Waals surface area contributed by atoms with E-state index in [-0.39, 0.29) is 41.9 Å². The number of allylic oxidation sites excluding steroid dienone is 4. The third kappa shape index (κ3) is 4.14. The number of ether oxygens (including phenoxy) is 1. The van der Waals surface area contributed by atoms with Crippen molar-refractivity contribution >= 4 is 11.7 Å².